The lowest BCUT2D eigenvalue weighted by Gasteiger charge is -2.11. The van der Waals surface area contributed by atoms with Gasteiger partial charge in [0.05, 0.1) is 11.6 Å². The highest BCUT2D eigenvalue weighted by Gasteiger charge is 2.09. The number of carbonyl (C=O) groups is 2. The number of aromatic hydroxyl groups is 1. The van der Waals surface area contributed by atoms with Crippen molar-refractivity contribution in [2.24, 2.45) is 0 Å². The van der Waals surface area contributed by atoms with Crippen molar-refractivity contribution in [2.45, 2.75) is 0 Å². The molecule has 6 nitrogen and oxygen atoms in total. The van der Waals surface area contributed by atoms with Crippen LogP contribution in [0, 0.1) is 0 Å². The van der Waals surface area contributed by atoms with Crippen molar-refractivity contribution in [3.63, 3.8) is 0 Å². The summed E-state index contributed by atoms with van der Waals surface area (Å²) in [5, 5.41) is 9.81. The number of halogens is 1. The van der Waals surface area contributed by atoms with Gasteiger partial charge in [-0.1, -0.05) is 6.08 Å². The van der Waals surface area contributed by atoms with Crippen LogP contribution in [0.2, 0.25) is 0 Å². The smallest absolute Gasteiger partial charge is 0.259 e. The van der Waals surface area contributed by atoms with Crippen LogP contribution in [0.4, 0.5) is 0 Å². The van der Waals surface area contributed by atoms with E-state index in [2.05, 4.69) is 15.9 Å². The van der Waals surface area contributed by atoms with Gasteiger partial charge in [0.25, 0.3) is 5.91 Å². The molecule has 0 fully saturated rings. The minimum absolute atomic E-state index is 0.00399. The van der Waals surface area contributed by atoms with Gasteiger partial charge in [-0.3, -0.25) is 9.59 Å². The molecule has 0 saturated carbocycles. The number of ketones is 1. The van der Waals surface area contributed by atoms with Crippen molar-refractivity contribution < 1.29 is 24.2 Å². The predicted molar refractivity (Wildman–Crippen MR) is 106 cm³/mol. The molecular weight excluding hydrogens is 414 g/mol. The zero-order valence-electron chi connectivity index (χ0n) is 15.2. The van der Waals surface area contributed by atoms with Crippen molar-refractivity contribution in [3.8, 4) is 17.2 Å². The number of allylic oxidation sites excluding steroid dienone is 1. The second kappa shape index (κ2) is 9.23. The number of carbonyl (C=O) groups excluding carboxylic acids is 2. The Kier molecular flexibility index (Phi) is 7.01. The molecule has 0 aliphatic rings. The van der Waals surface area contributed by atoms with Crippen molar-refractivity contribution in [3.05, 3.63) is 58.1 Å². The van der Waals surface area contributed by atoms with Gasteiger partial charge in [0.1, 0.15) is 5.75 Å². The fourth-order valence-electron chi connectivity index (χ4n) is 2.10. The van der Waals surface area contributed by atoms with Crippen molar-refractivity contribution in [1.29, 1.82) is 0 Å². The molecule has 1 amide bonds. The van der Waals surface area contributed by atoms with Crippen LogP contribution in [0.1, 0.15) is 15.9 Å². The highest BCUT2D eigenvalue weighted by molar-refractivity contribution is 9.10. The maximum Gasteiger partial charge on any atom is 0.259 e. The van der Waals surface area contributed by atoms with Crippen LogP contribution in [-0.2, 0) is 4.79 Å². The quantitative estimate of drug-likeness (QED) is 0.533. The molecule has 2 aromatic rings. The van der Waals surface area contributed by atoms with E-state index < -0.39 is 0 Å². The number of hydrogen-bond donors (Lipinski definition) is 1. The number of rotatable bonds is 7. The van der Waals surface area contributed by atoms with Gasteiger partial charge in [-0.15, -0.1) is 0 Å². The molecule has 0 bridgehead atoms. The third kappa shape index (κ3) is 5.59. The molecule has 2 aromatic carbocycles. The largest absolute Gasteiger partial charge is 0.503 e. The Labute approximate surface area is 166 Å². The van der Waals surface area contributed by atoms with E-state index in [1.54, 1.807) is 56.6 Å². The third-order valence-corrected chi connectivity index (χ3v) is 4.30. The van der Waals surface area contributed by atoms with Crippen LogP contribution in [0.25, 0.3) is 6.08 Å². The van der Waals surface area contributed by atoms with Crippen LogP contribution in [-0.4, -0.2) is 49.5 Å². The first-order valence-electron chi connectivity index (χ1n) is 8.03. The zero-order chi connectivity index (χ0) is 20.0. The van der Waals surface area contributed by atoms with E-state index in [-0.39, 0.29) is 24.0 Å². The fourth-order valence-corrected chi connectivity index (χ4v) is 2.56. The molecular formula is C20H20BrNO5. The molecule has 2 rings (SSSR count). The number of phenolic OH excluding ortho intramolecular Hbond substituents is 1. The van der Waals surface area contributed by atoms with Crippen LogP contribution in [0.15, 0.2) is 46.9 Å². The summed E-state index contributed by atoms with van der Waals surface area (Å²) in [5.41, 5.74) is 1.19. The summed E-state index contributed by atoms with van der Waals surface area (Å²) in [5.74, 6) is 0.496. The van der Waals surface area contributed by atoms with E-state index in [4.69, 9.17) is 9.47 Å². The Hall–Kier alpha value is -2.80. The Balaban J connectivity index is 2.05. The first kappa shape index (κ1) is 20.5. The van der Waals surface area contributed by atoms with Crippen LogP contribution in [0.5, 0.6) is 17.2 Å². The first-order valence-corrected chi connectivity index (χ1v) is 8.83. The highest BCUT2D eigenvalue weighted by atomic mass is 79.9. The van der Waals surface area contributed by atoms with E-state index in [0.29, 0.717) is 27.1 Å². The number of likely N-dealkylation sites (N-methyl/N-ethyl adjacent to an activating group) is 1. The van der Waals surface area contributed by atoms with Crippen molar-refractivity contribution >= 4 is 33.7 Å². The Morgan fingerprint density at radius 2 is 1.85 bits per heavy atom. The van der Waals surface area contributed by atoms with Gasteiger partial charge in [-0.2, -0.15) is 0 Å². The fraction of sp³-hybridized carbons (Fsp3) is 0.200. The average Bonchev–Trinajstić information content (AvgIpc) is 2.66. The minimum atomic E-state index is -0.186. The molecule has 0 spiro atoms. The Morgan fingerprint density at radius 3 is 2.44 bits per heavy atom. The lowest BCUT2D eigenvalue weighted by Crippen LogP contribution is -2.27. The van der Waals surface area contributed by atoms with Gasteiger partial charge in [-0.25, -0.2) is 0 Å². The third-order valence-electron chi connectivity index (χ3n) is 3.70. The second-order valence-electron chi connectivity index (χ2n) is 5.85. The van der Waals surface area contributed by atoms with E-state index >= 15 is 0 Å². The molecule has 0 aliphatic carbocycles. The molecule has 0 atom stereocenters. The summed E-state index contributed by atoms with van der Waals surface area (Å²) in [4.78, 5) is 25.3. The maximum atomic E-state index is 12.3. The molecule has 27 heavy (non-hydrogen) atoms. The molecule has 7 heteroatoms. The zero-order valence-corrected chi connectivity index (χ0v) is 16.8. The lowest BCUT2D eigenvalue weighted by atomic mass is 10.1. The van der Waals surface area contributed by atoms with E-state index in [1.807, 2.05) is 0 Å². The van der Waals surface area contributed by atoms with Gasteiger partial charge in [0.15, 0.2) is 23.9 Å². The SMILES string of the molecule is COc1cc(/C=C\C(=O)c2ccc(OCC(=O)N(C)C)cc2)cc(Br)c1O. The topological polar surface area (TPSA) is 76.1 Å². The maximum absolute atomic E-state index is 12.3. The highest BCUT2D eigenvalue weighted by Crippen LogP contribution is 2.35. The van der Waals surface area contributed by atoms with Crippen LogP contribution >= 0.6 is 15.9 Å². The first-order chi connectivity index (χ1) is 12.8. The Bertz CT molecular complexity index is 859. The van der Waals surface area contributed by atoms with E-state index in [1.165, 1.54) is 18.1 Å². The van der Waals surface area contributed by atoms with Gasteiger partial charge >= 0.3 is 0 Å². The summed E-state index contributed by atoms with van der Waals surface area (Å²) in [7, 11) is 4.76. The molecule has 0 aromatic heterocycles. The molecule has 0 radical (unpaired) electrons. The predicted octanol–water partition coefficient (Wildman–Crippen LogP) is 3.53. The average molecular weight is 434 g/mol. The number of methoxy groups -OCH3 is 1. The Morgan fingerprint density at radius 1 is 1.19 bits per heavy atom. The standard InChI is InChI=1S/C20H20BrNO5/c1-22(2)19(24)12-27-15-7-5-14(6-8-15)17(23)9-4-13-10-16(21)20(25)18(11-13)26-3/h4-11,25H,12H2,1-3H3/b9-4-. The number of benzene rings is 2. The normalized spacial score (nSPS) is 10.7. The molecule has 0 aliphatic heterocycles. The van der Waals surface area contributed by atoms with Crippen LogP contribution in [0.3, 0.4) is 0 Å². The van der Waals surface area contributed by atoms with Gasteiger partial charge < -0.3 is 19.5 Å². The molecule has 0 heterocycles. The molecule has 1 N–H and O–H groups in total. The van der Waals surface area contributed by atoms with Crippen LogP contribution < -0.4 is 9.47 Å². The number of ether oxygens (including phenoxy) is 2. The van der Waals surface area contributed by atoms with Gasteiger partial charge in [-0.05, 0) is 64.0 Å². The number of amides is 1. The molecule has 0 saturated heterocycles. The van der Waals surface area contributed by atoms with Crippen molar-refractivity contribution in [1.82, 2.24) is 4.90 Å². The number of phenols is 1. The summed E-state index contributed by atoms with van der Waals surface area (Å²) < 4.78 is 10.9. The van der Waals surface area contributed by atoms with E-state index in [9.17, 15) is 14.7 Å². The summed E-state index contributed by atoms with van der Waals surface area (Å²) in [6.45, 7) is -0.0578. The number of nitrogens with zero attached hydrogens (tertiary/aromatic N) is 1. The van der Waals surface area contributed by atoms with E-state index in [0.717, 1.165) is 0 Å². The monoisotopic (exact) mass is 433 g/mol. The summed E-state index contributed by atoms with van der Waals surface area (Å²) in [6.07, 6.45) is 3.07. The van der Waals surface area contributed by atoms with Gasteiger partial charge in [0, 0.05) is 19.7 Å². The summed E-state index contributed by atoms with van der Waals surface area (Å²) in [6, 6.07) is 9.86. The second-order valence-corrected chi connectivity index (χ2v) is 6.71. The summed E-state index contributed by atoms with van der Waals surface area (Å²) >= 11 is 3.24. The minimum Gasteiger partial charge on any atom is -0.503 e. The lowest BCUT2D eigenvalue weighted by molar-refractivity contribution is -0.130. The molecule has 0 unspecified atom stereocenters. The van der Waals surface area contributed by atoms with Gasteiger partial charge in [0.2, 0.25) is 0 Å². The molecule has 142 valence electrons. The van der Waals surface area contributed by atoms with Crippen molar-refractivity contribution in [2.75, 3.05) is 27.8 Å². The number of hydrogen-bond acceptors (Lipinski definition) is 5.